The number of fused-ring (bicyclic) bond motifs is 1. The lowest BCUT2D eigenvalue weighted by atomic mass is 10.1. The summed E-state index contributed by atoms with van der Waals surface area (Å²) in [4.78, 5) is 21.5. The normalized spacial score (nSPS) is 10.9. The molecule has 1 amide bonds. The van der Waals surface area contributed by atoms with Crippen molar-refractivity contribution in [1.82, 2.24) is 14.6 Å². The van der Waals surface area contributed by atoms with Crippen LogP contribution < -0.4 is 0 Å². The van der Waals surface area contributed by atoms with Gasteiger partial charge in [0.25, 0.3) is 5.91 Å². The maximum absolute atomic E-state index is 12.2. The molecule has 3 aromatic rings. The van der Waals surface area contributed by atoms with Gasteiger partial charge in [-0.1, -0.05) is 12.1 Å². The molecule has 1 heterocycles. The van der Waals surface area contributed by atoms with Crippen molar-refractivity contribution in [1.29, 1.82) is 0 Å². The molecule has 3 rings (SSSR count). The van der Waals surface area contributed by atoms with Crippen molar-refractivity contribution in [2.75, 3.05) is 14.2 Å². The highest BCUT2D eigenvalue weighted by Gasteiger charge is 2.14. The largest absolute Gasteiger partial charge is 0.392 e. The molecule has 2 aromatic carbocycles. The lowest BCUT2D eigenvalue weighted by Gasteiger charge is -2.13. The van der Waals surface area contributed by atoms with E-state index in [1.54, 1.807) is 25.5 Å². The van der Waals surface area contributed by atoms with Gasteiger partial charge < -0.3 is 5.11 Å². The minimum Gasteiger partial charge on any atom is -0.392 e. The fourth-order valence-corrected chi connectivity index (χ4v) is 2.37. The summed E-state index contributed by atoms with van der Waals surface area (Å²) in [6, 6.07) is 12.9. The van der Waals surface area contributed by atoms with Crippen molar-refractivity contribution in [2.45, 2.75) is 6.61 Å². The zero-order chi connectivity index (χ0) is 16.4. The van der Waals surface area contributed by atoms with Crippen LogP contribution in [0, 0.1) is 0 Å². The second-order valence-electron chi connectivity index (χ2n) is 5.13. The quantitative estimate of drug-likeness (QED) is 0.750. The van der Waals surface area contributed by atoms with Crippen molar-refractivity contribution < 1.29 is 14.7 Å². The summed E-state index contributed by atoms with van der Waals surface area (Å²) in [5, 5.41) is 10.3. The highest BCUT2D eigenvalue weighted by atomic mass is 16.7. The standard InChI is InChI=1S/C17H17N3O3/c1-19(23-2)17(22)13-5-8-15-16(9-13)20(11-18-15)14-6-3-12(10-21)4-7-14/h3-9,11,21H,10H2,1-2H3. The van der Waals surface area contributed by atoms with Crippen LogP contribution in [0.2, 0.25) is 0 Å². The molecule has 0 saturated carbocycles. The number of rotatable bonds is 4. The van der Waals surface area contributed by atoms with Gasteiger partial charge in [0.15, 0.2) is 0 Å². The number of hydrogen-bond acceptors (Lipinski definition) is 4. The number of aromatic nitrogens is 2. The van der Waals surface area contributed by atoms with Crippen LogP contribution in [0.25, 0.3) is 16.7 Å². The summed E-state index contributed by atoms with van der Waals surface area (Å²) in [6.07, 6.45) is 1.72. The average molecular weight is 311 g/mol. The van der Waals surface area contributed by atoms with Crippen LogP contribution in [0.15, 0.2) is 48.8 Å². The molecule has 0 fully saturated rings. The first-order valence-electron chi connectivity index (χ1n) is 7.13. The topological polar surface area (TPSA) is 67.6 Å². The maximum Gasteiger partial charge on any atom is 0.277 e. The first-order chi connectivity index (χ1) is 11.1. The van der Waals surface area contributed by atoms with Crippen LogP contribution >= 0.6 is 0 Å². The number of amides is 1. The van der Waals surface area contributed by atoms with E-state index in [0.717, 1.165) is 22.3 Å². The van der Waals surface area contributed by atoms with E-state index in [9.17, 15) is 4.79 Å². The Morgan fingerprint density at radius 3 is 2.65 bits per heavy atom. The number of hydrogen-bond donors (Lipinski definition) is 1. The monoisotopic (exact) mass is 311 g/mol. The molecule has 0 aliphatic rings. The molecule has 0 radical (unpaired) electrons. The summed E-state index contributed by atoms with van der Waals surface area (Å²) in [5.41, 5.74) is 3.91. The zero-order valence-electron chi connectivity index (χ0n) is 12.9. The van der Waals surface area contributed by atoms with Crippen LogP contribution in [0.3, 0.4) is 0 Å². The third kappa shape index (κ3) is 2.81. The summed E-state index contributed by atoms with van der Waals surface area (Å²) < 4.78 is 1.90. The van der Waals surface area contributed by atoms with Crippen LogP contribution in [-0.4, -0.2) is 39.8 Å². The van der Waals surface area contributed by atoms with Crippen molar-refractivity contribution >= 4 is 16.9 Å². The number of aliphatic hydroxyl groups is 1. The number of hydroxylamine groups is 2. The van der Waals surface area contributed by atoms with Gasteiger partial charge in [0.2, 0.25) is 0 Å². The Labute approximate surface area is 133 Å². The van der Waals surface area contributed by atoms with Crippen LogP contribution in [0.1, 0.15) is 15.9 Å². The Morgan fingerprint density at radius 1 is 1.26 bits per heavy atom. The fraction of sp³-hybridized carbons (Fsp3) is 0.176. The summed E-state index contributed by atoms with van der Waals surface area (Å²) in [5.74, 6) is -0.224. The number of aliphatic hydroxyl groups excluding tert-OH is 1. The molecule has 0 spiro atoms. The van der Waals surface area contributed by atoms with Gasteiger partial charge >= 0.3 is 0 Å². The lowest BCUT2D eigenvalue weighted by Crippen LogP contribution is -2.25. The second-order valence-corrected chi connectivity index (χ2v) is 5.13. The minimum atomic E-state index is -0.224. The van der Waals surface area contributed by atoms with Gasteiger partial charge in [-0.05, 0) is 35.9 Å². The molecule has 0 atom stereocenters. The molecular formula is C17H17N3O3. The molecule has 23 heavy (non-hydrogen) atoms. The summed E-state index contributed by atoms with van der Waals surface area (Å²) in [7, 11) is 3.01. The van der Waals surface area contributed by atoms with Gasteiger partial charge in [0.05, 0.1) is 24.8 Å². The molecule has 1 N–H and O–H groups in total. The van der Waals surface area contributed by atoms with E-state index in [4.69, 9.17) is 9.94 Å². The van der Waals surface area contributed by atoms with Gasteiger partial charge in [0, 0.05) is 18.3 Å². The average Bonchev–Trinajstić information content (AvgIpc) is 3.03. The van der Waals surface area contributed by atoms with Crippen molar-refractivity contribution in [2.24, 2.45) is 0 Å². The highest BCUT2D eigenvalue weighted by molar-refractivity contribution is 5.97. The number of imidazole rings is 1. The molecular weight excluding hydrogens is 294 g/mol. The van der Waals surface area contributed by atoms with Gasteiger partial charge in [-0.3, -0.25) is 14.2 Å². The van der Waals surface area contributed by atoms with E-state index in [2.05, 4.69) is 4.98 Å². The Hall–Kier alpha value is -2.70. The van der Waals surface area contributed by atoms with E-state index >= 15 is 0 Å². The molecule has 118 valence electrons. The summed E-state index contributed by atoms with van der Waals surface area (Å²) in [6.45, 7) is 0.00690. The molecule has 6 nitrogen and oxygen atoms in total. The fourth-order valence-electron chi connectivity index (χ4n) is 2.37. The smallest absolute Gasteiger partial charge is 0.277 e. The molecule has 0 aliphatic carbocycles. The van der Waals surface area contributed by atoms with E-state index in [1.807, 2.05) is 34.9 Å². The molecule has 1 aromatic heterocycles. The van der Waals surface area contributed by atoms with E-state index < -0.39 is 0 Å². The first-order valence-corrected chi connectivity index (χ1v) is 7.13. The number of benzene rings is 2. The summed E-state index contributed by atoms with van der Waals surface area (Å²) >= 11 is 0. The predicted octanol–water partition coefficient (Wildman–Crippen LogP) is 2.15. The maximum atomic E-state index is 12.2. The minimum absolute atomic E-state index is 0.00690. The van der Waals surface area contributed by atoms with E-state index in [0.29, 0.717) is 5.56 Å². The first kappa shape index (κ1) is 15.2. The van der Waals surface area contributed by atoms with Crippen molar-refractivity contribution in [3.05, 3.63) is 59.9 Å². The Kier molecular flexibility index (Phi) is 4.10. The third-order valence-electron chi connectivity index (χ3n) is 3.75. The second kappa shape index (κ2) is 6.20. The Bertz CT molecular complexity index is 840. The third-order valence-corrected chi connectivity index (χ3v) is 3.75. The lowest BCUT2D eigenvalue weighted by molar-refractivity contribution is -0.0756. The van der Waals surface area contributed by atoms with Gasteiger partial charge in [-0.15, -0.1) is 0 Å². The van der Waals surface area contributed by atoms with Crippen LogP contribution in [0.5, 0.6) is 0 Å². The SMILES string of the molecule is CON(C)C(=O)c1ccc2ncn(-c3ccc(CO)cc3)c2c1. The van der Waals surface area contributed by atoms with Crippen molar-refractivity contribution in [3.63, 3.8) is 0 Å². The Morgan fingerprint density at radius 2 is 2.00 bits per heavy atom. The zero-order valence-corrected chi connectivity index (χ0v) is 12.9. The number of nitrogens with zero attached hydrogens (tertiary/aromatic N) is 3. The molecule has 0 unspecified atom stereocenters. The highest BCUT2D eigenvalue weighted by Crippen LogP contribution is 2.20. The molecule has 6 heteroatoms. The number of carbonyl (C=O) groups excluding carboxylic acids is 1. The Balaban J connectivity index is 2.05. The van der Waals surface area contributed by atoms with E-state index in [-0.39, 0.29) is 12.5 Å². The van der Waals surface area contributed by atoms with Crippen LogP contribution in [-0.2, 0) is 11.4 Å². The van der Waals surface area contributed by atoms with Gasteiger partial charge in [-0.25, -0.2) is 10.0 Å². The number of carbonyl (C=O) groups is 1. The van der Waals surface area contributed by atoms with Gasteiger partial charge in [0.1, 0.15) is 6.33 Å². The molecule has 0 aliphatic heterocycles. The van der Waals surface area contributed by atoms with Crippen molar-refractivity contribution in [3.8, 4) is 5.69 Å². The molecule has 0 saturated heterocycles. The van der Waals surface area contributed by atoms with Gasteiger partial charge in [-0.2, -0.15) is 0 Å². The van der Waals surface area contributed by atoms with E-state index in [1.165, 1.54) is 12.2 Å². The van der Waals surface area contributed by atoms with Crippen LogP contribution in [0.4, 0.5) is 0 Å². The molecule has 0 bridgehead atoms. The predicted molar refractivity (Wildman–Crippen MR) is 86.1 cm³/mol.